The molecule has 208 valence electrons. The fourth-order valence-electron chi connectivity index (χ4n) is 4.94. The zero-order valence-electron chi connectivity index (χ0n) is 21.6. The van der Waals surface area contributed by atoms with E-state index in [9.17, 15) is 31.2 Å². The molecule has 3 aromatic carbocycles. The van der Waals surface area contributed by atoms with Gasteiger partial charge in [0.25, 0.3) is 5.91 Å². The molecule has 0 saturated heterocycles. The monoisotopic (exact) mass is 571 g/mol. The molecule has 0 saturated carbocycles. The number of alkyl halides is 3. The van der Waals surface area contributed by atoms with E-state index in [2.05, 4.69) is 9.72 Å². The van der Waals surface area contributed by atoms with Crippen LogP contribution in [-0.4, -0.2) is 50.4 Å². The number of sulfone groups is 1. The Bertz CT molecular complexity index is 1750. The van der Waals surface area contributed by atoms with Crippen LogP contribution in [-0.2, 0) is 14.6 Å². The molecule has 1 aromatic heterocycles. The van der Waals surface area contributed by atoms with E-state index in [0.717, 1.165) is 12.3 Å². The molecule has 0 aliphatic carbocycles. The standard InChI is InChI=1S/C28H24F3N3O5S/c1-16-15-33(27(36)24-13-20-12-21(39-28(29,30)31)7-10-23(20)32-24)26-14-19(6-11-25(26)34(16)17(2)35)18-4-8-22(9-5-18)40(3,37)38/h4-14,16,32H,15H2,1-3H3. The molecule has 40 heavy (non-hydrogen) atoms. The minimum absolute atomic E-state index is 0.150. The van der Waals surface area contributed by atoms with Gasteiger partial charge in [-0.25, -0.2) is 8.42 Å². The molecule has 0 radical (unpaired) electrons. The highest BCUT2D eigenvalue weighted by Crippen LogP contribution is 2.40. The molecule has 1 aliphatic heterocycles. The predicted octanol–water partition coefficient (Wildman–Crippen LogP) is 5.54. The van der Waals surface area contributed by atoms with Gasteiger partial charge in [-0.05, 0) is 66.6 Å². The summed E-state index contributed by atoms with van der Waals surface area (Å²) in [4.78, 5) is 32.6. The average molecular weight is 572 g/mol. The number of nitrogens with one attached hydrogen (secondary N) is 1. The number of aromatic amines is 1. The number of halogens is 3. The number of rotatable bonds is 4. The molecule has 1 aliphatic rings. The summed E-state index contributed by atoms with van der Waals surface area (Å²) < 4.78 is 65.7. The lowest BCUT2D eigenvalue weighted by atomic mass is 10.0. The van der Waals surface area contributed by atoms with Crippen LogP contribution in [0.5, 0.6) is 5.75 Å². The molecule has 1 unspecified atom stereocenters. The number of fused-ring (bicyclic) bond motifs is 2. The number of carbonyl (C=O) groups is 2. The summed E-state index contributed by atoms with van der Waals surface area (Å²) >= 11 is 0. The summed E-state index contributed by atoms with van der Waals surface area (Å²) in [5.41, 5.74) is 2.99. The number of carbonyl (C=O) groups excluding carboxylic acids is 2. The number of aromatic nitrogens is 1. The van der Waals surface area contributed by atoms with Crippen LogP contribution >= 0.6 is 0 Å². The normalized spacial score (nSPS) is 15.7. The van der Waals surface area contributed by atoms with Crippen molar-refractivity contribution in [3.05, 3.63) is 72.4 Å². The average Bonchev–Trinajstić information content (AvgIpc) is 3.29. The first-order valence-electron chi connectivity index (χ1n) is 12.2. The van der Waals surface area contributed by atoms with Crippen molar-refractivity contribution in [3.8, 4) is 16.9 Å². The van der Waals surface area contributed by atoms with Crippen molar-refractivity contribution in [2.75, 3.05) is 22.6 Å². The molecule has 1 atom stereocenters. The van der Waals surface area contributed by atoms with E-state index in [4.69, 9.17) is 0 Å². The van der Waals surface area contributed by atoms with Gasteiger partial charge < -0.3 is 19.5 Å². The second kappa shape index (κ2) is 9.70. The first-order chi connectivity index (χ1) is 18.7. The molecular weight excluding hydrogens is 547 g/mol. The topological polar surface area (TPSA) is 99.8 Å². The number of benzene rings is 3. The van der Waals surface area contributed by atoms with Crippen LogP contribution in [0.3, 0.4) is 0 Å². The van der Waals surface area contributed by atoms with Gasteiger partial charge in [0.1, 0.15) is 11.4 Å². The highest BCUT2D eigenvalue weighted by molar-refractivity contribution is 7.90. The molecular formula is C28H24F3N3O5S. The Balaban J connectivity index is 1.55. The minimum Gasteiger partial charge on any atom is -0.406 e. The summed E-state index contributed by atoms with van der Waals surface area (Å²) in [6.45, 7) is 3.42. The van der Waals surface area contributed by atoms with Crippen molar-refractivity contribution in [2.24, 2.45) is 0 Å². The van der Waals surface area contributed by atoms with Gasteiger partial charge >= 0.3 is 6.36 Å². The summed E-state index contributed by atoms with van der Waals surface area (Å²) in [6.07, 6.45) is -3.72. The minimum atomic E-state index is -4.85. The van der Waals surface area contributed by atoms with Gasteiger partial charge in [0, 0.05) is 30.6 Å². The van der Waals surface area contributed by atoms with E-state index in [1.54, 1.807) is 35.2 Å². The van der Waals surface area contributed by atoms with Crippen LogP contribution < -0.4 is 14.5 Å². The molecule has 0 fully saturated rings. The van der Waals surface area contributed by atoms with Crippen molar-refractivity contribution in [2.45, 2.75) is 31.1 Å². The number of nitrogens with zero attached hydrogens (tertiary/aromatic N) is 2. The number of ether oxygens (including phenoxy) is 1. The first-order valence-corrected chi connectivity index (χ1v) is 14.0. The molecule has 0 spiro atoms. The van der Waals surface area contributed by atoms with Gasteiger partial charge in [-0.3, -0.25) is 9.59 Å². The van der Waals surface area contributed by atoms with Crippen LogP contribution in [0, 0.1) is 0 Å². The van der Waals surface area contributed by atoms with E-state index in [0.29, 0.717) is 33.4 Å². The van der Waals surface area contributed by atoms with Gasteiger partial charge in [0.15, 0.2) is 9.84 Å². The molecule has 1 N–H and O–H groups in total. The van der Waals surface area contributed by atoms with Crippen molar-refractivity contribution in [1.82, 2.24) is 4.98 Å². The number of hydrogen-bond donors (Lipinski definition) is 1. The third kappa shape index (κ3) is 5.26. The maximum atomic E-state index is 13.8. The predicted molar refractivity (Wildman–Crippen MR) is 144 cm³/mol. The van der Waals surface area contributed by atoms with E-state index in [1.807, 2.05) is 6.92 Å². The van der Waals surface area contributed by atoms with Gasteiger partial charge in [0.05, 0.1) is 22.3 Å². The smallest absolute Gasteiger partial charge is 0.406 e. The van der Waals surface area contributed by atoms with E-state index in [1.165, 1.54) is 42.2 Å². The summed E-state index contributed by atoms with van der Waals surface area (Å²) in [7, 11) is -3.38. The molecule has 8 nitrogen and oxygen atoms in total. The highest BCUT2D eigenvalue weighted by atomic mass is 32.2. The van der Waals surface area contributed by atoms with E-state index in [-0.39, 0.29) is 29.1 Å². The van der Waals surface area contributed by atoms with Crippen LogP contribution in [0.4, 0.5) is 24.5 Å². The lowest BCUT2D eigenvalue weighted by Gasteiger charge is -2.40. The SMILES string of the molecule is CC(=O)N1c2ccc(-c3ccc(S(C)(=O)=O)cc3)cc2N(C(=O)c2cc3cc(OC(F)(F)F)ccc3[nH]2)CC1C. The van der Waals surface area contributed by atoms with Crippen molar-refractivity contribution in [3.63, 3.8) is 0 Å². The first kappa shape index (κ1) is 27.3. The summed E-state index contributed by atoms with van der Waals surface area (Å²) in [5.74, 6) is -1.04. The molecule has 5 rings (SSSR count). The second-order valence-electron chi connectivity index (χ2n) is 9.63. The van der Waals surface area contributed by atoms with Crippen LogP contribution in [0.2, 0.25) is 0 Å². The Morgan fingerprint density at radius 2 is 1.62 bits per heavy atom. The third-order valence-corrected chi connectivity index (χ3v) is 7.80. The van der Waals surface area contributed by atoms with Gasteiger partial charge in [-0.15, -0.1) is 13.2 Å². The number of H-pyrrole nitrogens is 1. The number of anilines is 2. The van der Waals surface area contributed by atoms with Crippen molar-refractivity contribution in [1.29, 1.82) is 0 Å². The summed E-state index contributed by atoms with van der Waals surface area (Å²) in [6, 6.07) is 16.4. The maximum absolute atomic E-state index is 13.8. The van der Waals surface area contributed by atoms with Gasteiger partial charge in [0.2, 0.25) is 5.91 Å². The van der Waals surface area contributed by atoms with Crippen LogP contribution in [0.1, 0.15) is 24.3 Å². The Kier molecular flexibility index (Phi) is 6.61. The third-order valence-electron chi connectivity index (χ3n) is 6.67. The highest BCUT2D eigenvalue weighted by Gasteiger charge is 2.35. The summed E-state index contributed by atoms with van der Waals surface area (Å²) in [5, 5.41) is 0.362. The molecule has 2 amide bonds. The zero-order valence-corrected chi connectivity index (χ0v) is 22.4. The Labute approximate surface area is 227 Å². The molecule has 12 heteroatoms. The lowest BCUT2D eigenvalue weighted by Crippen LogP contribution is -2.51. The largest absolute Gasteiger partial charge is 0.573 e. The second-order valence-corrected chi connectivity index (χ2v) is 11.6. The van der Waals surface area contributed by atoms with Crippen molar-refractivity contribution >= 4 is 43.9 Å². The fraction of sp³-hybridized carbons (Fsp3) is 0.214. The Morgan fingerprint density at radius 1 is 0.950 bits per heavy atom. The maximum Gasteiger partial charge on any atom is 0.573 e. The van der Waals surface area contributed by atoms with Gasteiger partial charge in [-0.1, -0.05) is 18.2 Å². The van der Waals surface area contributed by atoms with Gasteiger partial charge in [-0.2, -0.15) is 0 Å². The Morgan fingerprint density at radius 3 is 2.25 bits per heavy atom. The fourth-order valence-corrected chi connectivity index (χ4v) is 5.57. The van der Waals surface area contributed by atoms with Crippen LogP contribution in [0.25, 0.3) is 22.0 Å². The lowest BCUT2D eigenvalue weighted by molar-refractivity contribution is -0.274. The van der Waals surface area contributed by atoms with E-state index >= 15 is 0 Å². The molecule has 4 aromatic rings. The molecule has 0 bridgehead atoms. The zero-order chi connectivity index (χ0) is 29.0. The van der Waals surface area contributed by atoms with Crippen LogP contribution in [0.15, 0.2) is 71.6 Å². The van der Waals surface area contributed by atoms with E-state index < -0.39 is 27.9 Å². The number of hydrogen-bond acceptors (Lipinski definition) is 5. The van der Waals surface area contributed by atoms with Crippen molar-refractivity contribution < 1.29 is 35.9 Å². The quantitative estimate of drug-likeness (QED) is 0.347. The molecule has 2 heterocycles. The number of amides is 2. The Hall–Kier alpha value is -4.32.